The molecular weight excluding hydrogens is 281 g/mol. The third-order valence-electron chi connectivity index (χ3n) is 7.98. The van der Waals surface area contributed by atoms with Crippen molar-refractivity contribution in [1.82, 2.24) is 4.90 Å². The van der Waals surface area contributed by atoms with Crippen LogP contribution in [0.5, 0.6) is 0 Å². The molecule has 2 nitrogen and oxygen atoms in total. The van der Waals surface area contributed by atoms with Gasteiger partial charge >= 0.3 is 0 Å². The average Bonchev–Trinajstić information content (AvgIpc) is 2.91. The van der Waals surface area contributed by atoms with E-state index in [2.05, 4.69) is 12.7 Å². The van der Waals surface area contributed by atoms with Gasteiger partial charge in [-0.3, -0.25) is 4.90 Å². The molecular formula is C20H36BNO. The van der Waals surface area contributed by atoms with Gasteiger partial charge in [-0.25, -0.2) is 0 Å². The van der Waals surface area contributed by atoms with Gasteiger partial charge in [-0.2, -0.15) is 0 Å². The highest BCUT2D eigenvalue weighted by molar-refractivity contribution is 6.12. The van der Waals surface area contributed by atoms with Crippen molar-refractivity contribution in [2.45, 2.75) is 94.6 Å². The van der Waals surface area contributed by atoms with Crippen molar-refractivity contribution < 1.29 is 4.74 Å². The van der Waals surface area contributed by atoms with Crippen LogP contribution in [0.3, 0.4) is 0 Å². The third kappa shape index (κ3) is 3.13. The Balaban J connectivity index is 1.46. The Bertz CT molecular complexity index is 395. The van der Waals surface area contributed by atoms with E-state index in [0.29, 0.717) is 6.10 Å². The summed E-state index contributed by atoms with van der Waals surface area (Å²) in [7, 11) is 4.46. The number of hydrogen-bond acceptors (Lipinski definition) is 2. The Kier molecular flexibility index (Phi) is 5.06. The molecule has 3 aliphatic carbocycles. The van der Waals surface area contributed by atoms with Crippen molar-refractivity contribution in [1.29, 1.82) is 0 Å². The average molecular weight is 317 g/mol. The summed E-state index contributed by atoms with van der Waals surface area (Å²) < 4.78 is 5.58. The minimum Gasteiger partial charge on any atom is -0.381 e. The molecule has 4 aliphatic rings. The van der Waals surface area contributed by atoms with Crippen LogP contribution in [0.1, 0.15) is 70.6 Å². The van der Waals surface area contributed by atoms with Crippen molar-refractivity contribution in [2.75, 3.05) is 13.7 Å². The first kappa shape index (κ1) is 16.5. The second kappa shape index (κ2) is 7.08. The van der Waals surface area contributed by atoms with Gasteiger partial charge in [0.15, 0.2) is 0 Å². The highest BCUT2D eigenvalue weighted by atomic mass is 16.5. The molecule has 5 atom stereocenters. The van der Waals surface area contributed by atoms with Crippen LogP contribution >= 0.6 is 0 Å². The molecule has 3 saturated carbocycles. The van der Waals surface area contributed by atoms with Crippen LogP contribution in [0.2, 0.25) is 5.82 Å². The molecule has 0 aromatic rings. The second-order valence-corrected chi connectivity index (χ2v) is 9.14. The lowest BCUT2D eigenvalue weighted by Crippen LogP contribution is -2.43. The number of likely N-dealkylation sites (tertiary alicyclic amines) is 1. The summed E-state index contributed by atoms with van der Waals surface area (Å²) in [6, 6.07) is 1.88. The van der Waals surface area contributed by atoms with Gasteiger partial charge in [-0.15, -0.1) is 0 Å². The number of fused-ring (bicyclic) bond motifs is 3. The molecule has 0 spiro atoms. The first-order valence-electron chi connectivity index (χ1n) is 10.6. The summed E-state index contributed by atoms with van der Waals surface area (Å²) >= 11 is 0. The lowest BCUT2D eigenvalue weighted by molar-refractivity contribution is 0.0396. The SMILES string of the molecule is BC1CCCC2C1C1CCCCC1N2CC1CCC(OC)CC1. The van der Waals surface area contributed by atoms with E-state index in [-0.39, 0.29) is 0 Å². The van der Waals surface area contributed by atoms with Gasteiger partial charge < -0.3 is 4.74 Å². The summed E-state index contributed by atoms with van der Waals surface area (Å²) in [6.45, 7) is 1.41. The molecule has 5 unspecified atom stereocenters. The third-order valence-corrected chi connectivity index (χ3v) is 7.98. The van der Waals surface area contributed by atoms with Crippen LogP contribution in [0, 0.1) is 17.8 Å². The van der Waals surface area contributed by atoms with E-state index < -0.39 is 0 Å². The zero-order chi connectivity index (χ0) is 15.8. The van der Waals surface area contributed by atoms with Crippen LogP contribution in [-0.4, -0.2) is 44.6 Å². The van der Waals surface area contributed by atoms with E-state index in [4.69, 9.17) is 4.74 Å². The van der Waals surface area contributed by atoms with Gasteiger partial charge in [0.05, 0.1) is 6.10 Å². The summed E-state index contributed by atoms with van der Waals surface area (Å²) in [5, 5.41) is 0. The summed E-state index contributed by atoms with van der Waals surface area (Å²) in [5.74, 6) is 4.00. The smallest absolute Gasteiger partial charge is 0.105 e. The fourth-order valence-electron chi connectivity index (χ4n) is 6.87. The van der Waals surface area contributed by atoms with Crippen molar-refractivity contribution in [3.8, 4) is 0 Å². The molecule has 3 heteroatoms. The molecule has 0 N–H and O–H groups in total. The summed E-state index contributed by atoms with van der Waals surface area (Å²) in [6.07, 6.45) is 16.4. The standard InChI is InChI=1S/C20H36BNO/c1-23-15-11-9-14(10-12-15)13-22-18-7-3-2-5-16(18)20-17(21)6-4-8-19(20)22/h14-20H,2-13,21H2,1H3. The molecule has 130 valence electrons. The molecule has 4 rings (SSSR count). The van der Waals surface area contributed by atoms with E-state index in [0.717, 1.165) is 35.7 Å². The first-order valence-corrected chi connectivity index (χ1v) is 10.6. The van der Waals surface area contributed by atoms with Gasteiger partial charge in [-0.05, 0) is 62.7 Å². The summed E-state index contributed by atoms with van der Waals surface area (Å²) in [4.78, 5) is 3.06. The number of nitrogens with zero attached hydrogens (tertiary/aromatic N) is 1. The lowest BCUT2D eigenvalue weighted by atomic mass is 9.61. The molecule has 0 amide bonds. The fraction of sp³-hybridized carbons (Fsp3) is 1.00. The molecule has 1 saturated heterocycles. The lowest BCUT2D eigenvalue weighted by Gasteiger charge is -2.39. The topological polar surface area (TPSA) is 12.5 Å². The molecule has 4 fully saturated rings. The first-order chi connectivity index (χ1) is 11.3. The van der Waals surface area contributed by atoms with Gasteiger partial charge in [0, 0.05) is 25.7 Å². The maximum atomic E-state index is 5.58. The maximum Gasteiger partial charge on any atom is 0.105 e. The van der Waals surface area contributed by atoms with Crippen LogP contribution in [0.4, 0.5) is 0 Å². The van der Waals surface area contributed by atoms with Crippen molar-refractivity contribution >= 4 is 7.85 Å². The number of hydrogen-bond donors (Lipinski definition) is 0. The Morgan fingerprint density at radius 2 is 1.61 bits per heavy atom. The Morgan fingerprint density at radius 1 is 0.870 bits per heavy atom. The molecule has 23 heavy (non-hydrogen) atoms. The highest BCUT2D eigenvalue weighted by Crippen LogP contribution is 2.52. The zero-order valence-corrected chi connectivity index (χ0v) is 15.4. The Hall–Kier alpha value is -0.0151. The molecule has 1 aliphatic heterocycles. The highest BCUT2D eigenvalue weighted by Gasteiger charge is 2.51. The van der Waals surface area contributed by atoms with Crippen LogP contribution < -0.4 is 0 Å². The Morgan fingerprint density at radius 3 is 2.39 bits per heavy atom. The molecule has 0 bridgehead atoms. The fourth-order valence-corrected chi connectivity index (χ4v) is 6.87. The van der Waals surface area contributed by atoms with E-state index in [1.165, 1.54) is 77.2 Å². The molecule has 0 aromatic carbocycles. The maximum absolute atomic E-state index is 5.58. The van der Waals surface area contributed by atoms with E-state index in [1.54, 1.807) is 0 Å². The molecule has 1 heterocycles. The Labute approximate surface area is 144 Å². The zero-order valence-electron chi connectivity index (χ0n) is 15.4. The largest absolute Gasteiger partial charge is 0.381 e. The predicted octanol–water partition coefficient (Wildman–Crippen LogP) is 3.66. The van der Waals surface area contributed by atoms with Crippen LogP contribution in [0.15, 0.2) is 0 Å². The van der Waals surface area contributed by atoms with Crippen molar-refractivity contribution in [3.63, 3.8) is 0 Å². The molecule has 0 aromatic heterocycles. The van der Waals surface area contributed by atoms with Gasteiger partial charge in [0.1, 0.15) is 7.85 Å². The van der Waals surface area contributed by atoms with Gasteiger partial charge in [0.2, 0.25) is 0 Å². The van der Waals surface area contributed by atoms with E-state index in [9.17, 15) is 0 Å². The van der Waals surface area contributed by atoms with Crippen molar-refractivity contribution in [3.05, 3.63) is 0 Å². The number of ether oxygens (including phenoxy) is 1. The van der Waals surface area contributed by atoms with Gasteiger partial charge in [0.25, 0.3) is 0 Å². The number of methoxy groups -OCH3 is 1. The van der Waals surface area contributed by atoms with Crippen molar-refractivity contribution in [2.24, 2.45) is 17.8 Å². The van der Waals surface area contributed by atoms with E-state index >= 15 is 0 Å². The monoisotopic (exact) mass is 317 g/mol. The summed E-state index contributed by atoms with van der Waals surface area (Å²) in [5.41, 5.74) is 0. The molecule has 0 radical (unpaired) electrons. The van der Waals surface area contributed by atoms with E-state index in [1.807, 2.05) is 7.11 Å². The second-order valence-electron chi connectivity index (χ2n) is 9.14. The predicted molar refractivity (Wildman–Crippen MR) is 98.6 cm³/mol. The van der Waals surface area contributed by atoms with Crippen LogP contribution in [0.25, 0.3) is 0 Å². The van der Waals surface area contributed by atoms with Crippen LogP contribution in [-0.2, 0) is 4.74 Å². The minimum absolute atomic E-state index is 0.551. The number of rotatable bonds is 3. The normalized spacial score (nSPS) is 48.0. The van der Waals surface area contributed by atoms with Gasteiger partial charge in [-0.1, -0.05) is 31.5 Å². The quantitative estimate of drug-likeness (QED) is 0.737. The minimum atomic E-state index is 0.551.